The molecule has 230 valence electrons. The number of furan rings is 1. The van der Waals surface area contributed by atoms with Gasteiger partial charge in [0, 0.05) is 42.3 Å². The summed E-state index contributed by atoms with van der Waals surface area (Å²) in [7, 11) is 0. The number of nitrogens with zero attached hydrogens (tertiary/aromatic N) is 1. The SMILES string of the molecule is c1ccc(N(c2ccccc2)c2cccc3oc4c5ccccc5c(-c5cccc(-c6ccc7c(c6)sc6ccccc67)c5)cc4c23)cc1. The minimum atomic E-state index is 0.872. The molecule has 8 aromatic carbocycles. The third kappa shape index (κ3) is 4.55. The van der Waals surface area contributed by atoms with E-state index in [-0.39, 0.29) is 0 Å². The van der Waals surface area contributed by atoms with Gasteiger partial charge in [-0.3, -0.25) is 0 Å². The molecule has 2 heterocycles. The van der Waals surface area contributed by atoms with Crippen molar-refractivity contribution in [2.24, 2.45) is 0 Å². The Labute approximate surface area is 287 Å². The van der Waals surface area contributed by atoms with Crippen LogP contribution in [0, 0.1) is 0 Å². The van der Waals surface area contributed by atoms with Crippen LogP contribution in [0.3, 0.4) is 0 Å². The first kappa shape index (κ1) is 27.9. The number of thiophene rings is 1. The third-order valence-corrected chi connectivity index (χ3v) is 10.8. The van der Waals surface area contributed by atoms with Crippen LogP contribution in [0.5, 0.6) is 0 Å². The third-order valence-electron chi connectivity index (χ3n) is 9.64. The van der Waals surface area contributed by atoms with Gasteiger partial charge >= 0.3 is 0 Å². The van der Waals surface area contributed by atoms with E-state index in [1.165, 1.54) is 47.8 Å². The maximum atomic E-state index is 6.75. The first-order valence-electron chi connectivity index (χ1n) is 16.6. The van der Waals surface area contributed by atoms with E-state index in [1.807, 2.05) is 11.3 Å². The average molecular weight is 644 g/mol. The molecule has 0 atom stereocenters. The lowest BCUT2D eigenvalue weighted by molar-refractivity contribution is 0.672. The highest BCUT2D eigenvalue weighted by Crippen LogP contribution is 2.46. The number of hydrogen-bond donors (Lipinski definition) is 0. The molecule has 0 radical (unpaired) electrons. The van der Waals surface area contributed by atoms with Gasteiger partial charge in [-0.15, -0.1) is 11.3 Å². The van der Waals surface area contributed by atoms with Gasteiger partial charge in [0.25, 0.3) is 0 Å². The molecule has 0 saturated heterocycles. The lowest BCUT2D eigenvalue weighted by atomic mass is 9.93. The highest BCUT2D eigenvalue weighted by Gasteiger charge is 2.21. The fraction of sp³-hybridized carbons (Fsp3) is 0. The van der Waals surface area contributed by atoms with Gasteiger partial charge in [0.2, 0.25) is 0 Å². The fourth-order valence-corrected chi connectivity index (χ4v) is 8.55. The largest absolute Gasteiger partial charge is 0.455 e. The van der Waals surface area contributed by atoms with Crippen molar-refractivity contribution in [3.63, 3.8) is 0 Å². The summed E-state index contributed by atoms with van der Waals surface area (Å²) < 4.78 is 9.39. The number of rotatable bonds is 5. The van der Waals surface area contributed by atoms with Gasteiger partial charge in [-0.2, -0.15) is 0 Å². The van der Waals surface area contributed by atoms with Crippen LogP contribution in [0.1, 0.15) is 0 Å². The van der Waals surface area contributed by atoms with Crippen LogP contribution in [-0.4, -0.2) is 0 Å². The second-order valence-corrected chi connectivity index (χ2v) is 13.6. The predicted octanol–water partition coefficient (Wildman–Crippen LogP) is 13.9. The number of benzene rings is 8. The summed E-state index contributed by atoms with van der Waals surface area (Å²) in [5.41, 5.74) is 9.87. The Morgan fingerprint density at radius 1 is 0.408 bits per heavy atom. The molecule has 10 aromatic rings. The summed E-state index contributed by atoms with van der Waals surface area (Å²) in [6.07, 6.45) is 0. The van der Waals surface area contributed by atoms with Crippen LogP contribution >= 0.6 is 11.3 Å². The first-order valence-corrected chi connectivity index (χ1v) is 17.4. The number of fused-ring (bicyclic) bond motifs is 8. The summed E-state index contributed by atoms with van der Waals surface area (Å²) in [5.74, 6) is 0. The molecule has 2 aromatic heterocycles. The Hall–Kier alpha value is -6.16. The van der Waals surface area contributed by atoms with E-state index in [2.05, 4.69) is 181 Å². The van der Waals surface area contributed by atoms with Crippen LogP contribution in [0.15, 0.2) is 180 Å². The summed E-state index contributed by atoms with van der Waals surface area (Å²) in [5, 5.41) is 7.14. The second-order valence-electron chi connectivity index (χ2n) is 12.5. The Morgan fingerprint density at radius 3 is 1.84 bits per heavy atom. The van der Waals surface area contributed by atoms with Crippen LogP contribution in [-0.2, 0) is 0 Å². The van der Waals surface area contributed by atoms with Crippen molar-refractivity contribution >= 4 is 81.3 Å². The molecular weight excluding hydrogens is 615 g/mol. The smallest absolute Gasteiger partial charge is 0.143 e. The van der Waals surface area contributed by atoms with Crippen molar-refractivity contribution in [2.75, 3.05) is 4.90 Å². The van der Waals surface area contributed by atoms with Crippen molar-refractivity contribution in [3.8, 4) is 22.3 Å². The summed E-state index contributed by atoms with van der Waals surface area (Å²) in [6, 6.07) is 63.1. The molecule has 0 spiro atoms. The lowest BCUT2D eigenvalue weighted by Gasteiger charge is -2.26. The topological polar surface area (TPSA) is 16.4 Å². The normalized spacial score (nSPS) is 11.7. The van der Waals surface area contributed by atoms with E-state index < -0.39 is 0 Å². The van der Waals surface area contributed by atoms with Gasteiger partial charge in [0.15, 0.2) is 0 Å². The van der Waals surface area contributed by atoms with Crippen LogP contribution in [0.2, 0.25) is 0 Å². The average Bonchev–Trinajstić information content (AvgIpc) is 3.74. The van der Waals surface area contributed by atoms with Crippen molar-refractivity contribution < 1.29 is 4.42 Å². The van der Waals surface area contributed by atoms with Gasteiger partial charge in [-0.25, -0.2) is 0 Å². The van der Waals surface area contributed by atoms with Crippen LogP contribution in [0.4, 0.5) is 17.1 Å². The molecule has 3 heteroatoms. The van der Waals surface area contributed by atoms with E-state index in [0.717, 1.165) is 44.4 Å². The van der Waals surface area contributed by atoms with E-state index >= 15 is 0 Å². The Kier molecular flexibility index (Phi) is 6.39. The Balaban J connectivity index is 1.19. The molecule has 0 bridgehead atoms. The molecule has 0 aliphatic rings. The molecule has 10 rings (SSSR count). The highest BCUT2D eigenvalue weighted by molar-refractivity contribution is 7.25. The quantitative estimate of drug-likeness (QED) is 0.186. The van der Waals surface area contributed by atoms with Gasteiger partial charge in [0.1, 0.15) is 11.2 Å². The molecule has 0 fully saturated rings. The number of anilines is 3. The number of hydrogen-bond acceptors (Lipinski definition) is 3. The van der Waals surface area contributed by atoms with Crippen molar-refractivity contribution in [3.05, 3.63) is 176 Å². The van der Waals surface area contributed by atoms with Crippen LogP contribution in [0.25, 0.3) is 75.1 Å². The molecule has 0 saturated carbocycles. The van der Waals surface area contributed by atoms with Gasteiger partial charge in [-0.05, 0) is 88.3 Å². The molecule has 0 N–H and O–H groups in total. The molecule has 2 nitrogen and oxygen atoms in total. The zero-order chi connectivity index (χ0) is 32.3. The van der Waals surface area contributed by atoms with E-state index in [4.69, 9.17) is 4.42 Å². The van der Waals surface area contributed by atoms with Crippen molar-refractivity contribution in [1.29, 1.82) is 0 Å². The second kappa shape index (κ2) is 11.2. The summed E-state index contributed by atoms with van der Waals surface area (Å²) in [4.78, 5) is 2.33. The minimum Gasteiger partial charge on any atom is -0.455 e. The molecular formula is C46H29NOS. The Morgan fingerprint density at radius 2 is 1.04 bits per heavy atom. The standard InChI is InChI=1S/C46H29NOS/c1-3-15-33(16-4-1)47(34-17-5-2-6-18-34)41-22-12-23-42-45(41)40-29-39(35-19-7-8-21-38(35)46(40)48-42)32-14-11-13-30(27-32)31-25-26-37-36-20-9-10-24-43(36)49-44(37)28-31/h1-29H. The summed E-state index contributed by atoms with van der Waals surface area (Å²) in [6.45, 7) is 0. The van der Waals surface area contributed by atoms with E-state index in [1.54, 1.807) is 0 Å². The molecule has 0 amide bonds. The molecule has 49 heavy (non-hydrogen) atoms. The Bertz CT molecular complexity index is 2790. The first-order chi connectivity index (χ1) is 24.3. The van der Waals surface area contributed by atoms with E-state index in [0.29, 0.717) is 0 Å². The zero-order valence-corrected chi connectivity index (χ0v) is 27.3. The van der Waals surface area contributed by atoms with Gasteiger partial charge < -0.3 is 9.32 Å². The summed E-state index contributed by atoms with van der Waals surface area (Å²) >= 11 is 1.86. The minimum absolute atomic E-state index is 0.872. The fourth-order valence-electron chi connectivity index (χ4n) is 7.41. The zero-order valence-electron chi connectivity index (χ0n) is 26.5. The van der Waals surface area contributed by atoms with E-state index in [9.17, 15) is 0 Å². The van der Waals surface area contributed by atoms with Gasteiger partial charge in [-0.1, -0.05) is 115 Å². The highest BCUT2D eigenvalue weighted by atomic mass is 32.1. The van der Waals surface area contributed by atoms with Gasteiger partial charge in [0.05, 0.1) is 11.1 Å². The molecule has 0 aliphatic carbocycles. The van der Waals surface area contributed by atoms with Crippen molar-refractivity contribution in [2.45, 2.75) is 0 Å². The number of para-hydroxylation sites is 2. The monoisotopic (exact) mass is 643 g/mol. The van der Waals surface area contributed by atoms with Crippen molar-refractivity contribution in [1.82, 2.24) is 0 Å². The molecule has 0 aliphatic heterocycles. The predicted molar refractivity (Wildman–Crippen MR) is 210 cm³/mol. The maximum absolute atomic E-state index is 6.75. The maximum Gasteiger partial charge on any atom is 0.143 e. The van der Waals surface area contributed by atoms with Crippen LogP contribution < -0.4 is 4.90 Å². The lowest BCUT2D eigenvalue weighted by Crippen LogP contribution is -2.09. The molecule has 0 unspecified atom stereocenters.